The molecule has 96 valence electrons. The van der Waals surface area contributed by atoms with Gasteiger partial charge in [-0.3, -0.25) is 14.9 Å². The molecule has 5 nitrogen and oxygen atoms in total. The summed E-state index contributed by atoms with van der Waals surface area (Å²) in [6.07, 6.45) is 3.26. The molecular formula is C14H11NO4. The van der Waals surface area contributed by atoms with E-state index in [-0.39, 0.29) is 11.1 Å². The van der Waals surface area contributed by atoms with Gasteiger partial charge in [0, 0.05) is 24.3 Å². The zero-order valence-corrected chi connectivity index (χ0v) is 10.2. The molecule has 0 bridgehead atoms. The number of hydrogen-bond acceptors (Lipinski definition) is 4. The lowest BCUT2D eigenvalue weighted by Crippen LogP contribution is -1.97. The molecule has 0 aliphatic carbocycles. The maximum atomic E-state index is 11.3. The first kappa shape index (κ1) is 12.8. The van der Waals surface area contributed by atoms with Gasteiger partial charge in [-0.05, 0) is 18.6 Å². The molecule has 0 saturated heterocycles. The van der Waals surface area contributed by atoms with Crippen molar-refractivity contribution >= 4 is 17.8 Å². The molecule has 0 unspecified atom stereocenters. The Labute approximate surface area is 109 Å². The molecule has 1 aromatic carbocycles. The first-order valence-corrected chi connectivity index (χ1v) is 5.59. The highest BCUT2D eigenvalue weighted by atomic mass is 16.6. The van der Waals surface area contributed by atoms with E-state index in [4.69, 9.17) is 4.42 Å². The van der Waals surface area contributed by atoms with Crippen molar-refractivity contribution in [3.05, 3.63) is 73.8 Å². The van der Waals surface area contributed by atoms with E-state index in [1.807, 2.05) is 0 Å². The standard InChI is InChI=1S/C14H11NO4/c1-10-7-13(16)9-14(19-10)6-5-11-3-2-4-12(8-11)15(17)18/h2-9H,1H3/b6-5+. The minimum absolute atomic E-state index is 0.0212. The van der Waals surface area contributed by atoms with Crippen LogP contribution in [0.25, 0.3) is 12.2 Å². The van der Waals surface area contributed by atoms with E-state index in [2.05, 4.69) is 0 Å². The van der Waals surface area contributed by atoms with Crippen molar-refractivity contribution in [3.63, 3.8) is 0 Å². The number of rotatable bonds is 3. The third-order valence-electron chi connectivity index (χ3n) is 2.43. The van der Waals surface area contributed by atoms with Crippen LogP contribution in [0, 0.1) is 17.0 Å². The molecule has 19 heavy (non-hydrogen) atoms. The largest absolute Gasteiger partial charge is 0.462 e. The molecule has 0 fully saturated rings. The summed E-state index contributed by atoms with van der Waals surface area (Å²) in [5, 5.41) is 10.6. The Morgan fingerprint density at radius 3 is 2.68 bits per heavy atom. The van der Waals surface area contributed by atoms with Gasteiger partial charge in [0.1, 0.15) is 11.5 Å². The van der Waals surface area contributed by atoms with Gasteiger partial charge < -0.3 is 4.42 Å². The number of hydrogen-bond donors (Lipinski definition) is 0. The van der Waals surface area contributed by atoms with Crippen molar-refractivity contribution < 1.29 is 9.34 Å². The Bertz CT molecular complexity index is 701. The predicted octanol–water partition coefficient (Wildman–Crippen LogP) is 3.03. The summed E-state index contributed by atoms with van der Waals surface area (Å²) in [5.74, 6) is 0.933. The SMILES string of the molecule is Cc1cc(=O)cc(/C=C/c2cccc([N+](=O)[O-])c2)o1. The maximum Gasteiger partial charge on any atom is 0.270 e. The molecule has 0 atom stereocenters. The minimum Gasteiger partial charge on any atom is -0.462 e. The Morgan fingerprint density at radius 2 is 2.00 bits per heavy atom. The number of nitro groups is 1. The summed E-state index contributed by atoms with van der Waals surface area (Å²) in [6.45, 7) is 1.69. The van der Waals surface area contributed by atoms with E-state index in [9.17, 15) is 14.9 Å². The molecule has 0 amide bonds. The zero-order chi connectivity index (χ0) is 13.8. The van der Waals surface area contributed by atoms with Gasteiger partial charge in [0.2, 0.25) is 0 Å². The van der Waals surface area contributed by atoms with Gasteiger partial charge >= 0.3 is 0 Å². The quantitative estimate of drug-likeness (QED) is 0.625. The molecule has 0 saturated carbocycles. The highest BCUT2D eigenvalue weighted by Gasteiger charge is 2.03. The summed E-state index contributed by atoms with van der Waals surface area (Å²) in [6, 6.07) is 8.96. The van der Waals surface area contributed by atoms with Crippen LogP contribution in [-0.2, 0) is 0 Å². The van der Waals surface area contributed by atoms with Gasteiger partial charge in [-0.15, -0.1) is 0 Å². The summed E-state index contributed by atoms with van der Waals surface area (Å²) in [4.78, 5) is 21.5. The second-order valence-corrected chi connectivity index (χ2v) is 3.99. The van der Waals surface area contributed by atoms with E-state index in [0.717, 1.165) is 0 Å². The van der Waals surface area contributed by atoms with Gasteiger partial charge in [-0.1, -0.05) is 18.2 Å². The van der Waals surface area contributed by atoms with Crippen molar-refractivity contribution in [2.24, 2.45) is 0 Å². The number of non-ortho nitro benzene ring substituents is 1. The number of nitro benzene ring substituents is 1. The van der Waals surface area contributed by atoms with E-state index < -0.39 is 4.92 Å². The first-order valence-electron chi connectivity index (χ1n) is 5.59. The Hall–Kier alpha value is -2.69. The number of aryl methyl sites for hydroxylation is 1. The smallest absolute Gasteiger partial charge is 0.270 e. The van der Waals surface area contributed by atoms with Gasteiger partial charge in [0.05, 0.1) is 4.92 Å². The van der Waals surface area contributed by atoms with Crippen LogP contribution in [0.4, 0.5) is 5.69 Å². The summed E-state index contributed by atoms with van der Waals surface area (Å²) in [7, 11) is 0. The van der Waals surface area contributed by atoms with Crippen LogP contribution in [0.3, 0.4) is 0 Å². The third-order valence-corrected chi connectivity index (χ3v) is 2.43. The Balaban J connectivity index is 2.29. The Kier molecular flexibility index (Phi) is 3.56. The highest BCUT2D eigenvalue weighted by molar-refractivity contribution is 5.68. The van der Waals surface area contributed by atoms with Gasteiger partial charge in [-0.25, -0.2) is 0 Å². The van der Waals surface area contributed by atoms with Gasteiger partial charge in [-0.2, -0.15) is 0 Å². The van der Waals surface area contributed by atoms with Crippen LogP contribution in [0.15, 0.2) is 45.6 Å². The second kappa shape index (κ2) is 5.30. The lowest BCUT2D eigenvalue weighted by atomic mass is 10.2. The molecule has 0 radical (unpaired) electrons. The number of nitrogens with zero attached hydrogens (tertiary/aromatic N) is 1. The minimum atomic E-state index is -0.454. The monoisotopic (exact) mass is 257 g/mol. The highest BCUT2D eigenvalue weighted by Crippen LogP contribution is 2.15. The van der Waals surface area contributed by atoms with Crippen molar-refractivity contribution in [1.82, 2.24) is 0 Å². The summed E-state index contributed by atoms with van der Waals surface area (Å²) in [5.41, 5.74) is 0.550. The fraction of sp³-hybridized carbons (Fsp3) is 0.0714. The van der Waals surface area contributed by atoms with Crippen LogP contribution < -0.4 is 5.43 Å². The normalized spacial score (nSPS) is 10.8. The zero-order valence-electron chi connectivity index (χ0n) is 10.2. The first-order chi connectivity index (χ1) is 9.04. The molecule has 2 rings (SSSR count). The van der Waals surface area contributed by atoms with E-state index in [1.165, 1.54) is 24.3 Å². The molecule has 2 aromatic rings. The lowest BCUT2D eigenvalue weighted by Gasteiger charge is -1.96. The third kappa shape index (κ3) is 3.38. The Morgan fingerprint density at radius 1 is 1.21 bits per heavy atom. The summed E-state index contributed by atoms with van der Waals surface area (Å²) < 4.78 is 5.34. The summed E-state index contributed by atoms with van der Waals surface area (Å²) >= 11 is 0. The molecule has 0 spiro atoms. The van der Waals surface area contributed by atoms with E-state index in [0.29, 0.717) is 17.1 Å². The van der Waals surface area contributed by atoms with Crippen LogP contribution in [0.2, 0.25) is 0 Å². The molecule has 5 heteroatoms. The van der Waals surface area contributed by atoms with Gasteiger partial charge in [0.15, 0.2) is 5.43 Å². The van der Waals surface area contributed by atoms with Crippen molar-refractivity contribution in [2.75, 3.05) is 0 Å². The average Bonchev–Trinajstić information content (AvgIpc) is 2.35. The predicted molar refractivity (Wildman–Crippen MR) is 71.7 cm³/mol. The molecule has 0 N–H and O–H groups in total. The average molecular weight is 257 g/mol. The van der Waals surface area contributed by atoms with Crippen LogP contribution in [0.1, 0.15) is 17.1 Å². The maximum absolute atomic E-state index is 11.3. The molecular weight excluding hydrogens is 246 g/mol. The number of benzene rings is 1. The van der Waals surface area contributed by atoms with E-state index in [1.54, 1.807) is 31.2 Å². The second-order valence-electron chi connectivity index (χ2n) is 3.99. The molecule has 0 aliphatic rings. The van der Waals surface area contributed by atoms with Crippen LogP contribution in [-0.4, -0.2) is 4.92 Å². The van der Waals surface area contributed by atoms with Crippen LogP contribution >= 0.6 is 0 Å². The van der Waals surface area contributed by atoms with Gasteiger partial charge in [0.25, 0.3) is 5.69 Å². The topological polar surface area (TPSA) is 73.3 Å². The van der Waals surface area contributed by atoms with Crippen molar-refractivity contribution in [2.45, 2.75) is 6.92 Å². The fourth-order valence-electron chi connectivity index (χ4n) is 1.63. The van der Waals surface area contributed by atoms with Crippen molar-refractivity contribution in [1.29, 1.82) is 0 Å². The molecule has 0 aliphatic heterocycles. The molecule has 1 heterocycles. The lowest BCUT2D eigenvalue weighted by molar-refractivity contribution is -0.384. The molecule has 1 aromatic heterocycles. The van der Waals surface area contributed by atoms with Crippen molar-refractivity contribution in [3.8, 4) is 0 Å². The van der Waals surface area contributed by atoms with E-state index >= 15 is 0 Å². The van der Waals surface area contributed by atoms with Crippen LogP contribution in [0.5, 0.6) is 0 Å². The fourth-order valence-corrected chi connectivity index (χ4v) is 1.63.